The summed E-state index contributed by atoms with van der Waals surface area (Å²) in [4.78, 5) is 16.3. The molecule has 0 saturated carbocycles. The molecule has 0 bridgehead atoms. The minimum Gasteiger partial charge on any atom is -0.394 e. The molecule has 0 unspecified atom stereocenters. The molecule has 1 amide bonds. The lowest BCUT2D eigenvalue weighted by molar-refractivity contribution is -0.233. The van der Waals surface area contributed by atoms with Crippen molar-refractivity contribution in [3.05, 3.63) is 12.0 Å². The van der Waals surface area contributed by atoms with Gasteiger partial charge in [-0.25, -0.2) is 4.98 Å². The number of hydrogen-bond donors (Lipinski definition) is 9. The van der Waals surface area contributed by atoms with Gasteiger partial charge in [0.1, 0.15) is 48.5 Å². The number of hydrogen-bond acceptors (Lipinski definition) is 12. The minimum atomic E-state index is -1.69. The van der Waals surface area contributed by atoms with Gasteiger partial charge in [-0.15, -0.1) is 0 Å². The molecule has 1 aromatic rings. The number of carbonyl (C=O) groups is 1. The van der Waals surface area contributed by atoms with Gasteiger partial charge in [0.15, 0.2) is 18.1 Å². The molecular formula is C15H24N4O10. The minimum absolute atomic E-state index is 0.248. The highest BCUT2D eigenvalue weighted by atomic mass is 16.6. The average molecular weight is 420 g/mol. The van der Waals surface area contributed by atoms with E-state index in [1.54, 1.807) is 0 Å². The second kappa shape index (κ2) is 8.47. The van der Waals surface area contributed by atoms with Crippen LogP contribution in [-0.4, -0.2) is 113 Å². The molecule has 10 N–H and O–H groups in total. The Balaban J connectivity index is 1.74. The number of aromatic nitrogens is 2. The number of rotatable bonds is 5. The van der Waals surface area contributed by atoms with Crippen LogP contribution in [0.1, 0.15) is 16.7 Å². The molecule has 1 aromatic heterocycles. The van der Waals surface area contributed by atoms with Gasteiger partial charge < -0.3 is 56.3 Å². The van der Waals surface area contributed by atoms with Crippen LogP contribution in [0.5, 0.6) is 0 Å². The zero-order valence-electron chi connectivity index (χ0n) is 15.0. The number of nitrogen functional groups attached to an aromatic ring is 1. The molecule has 0 radical (unpaired) electrons. The van der Waals surface area contributed by atoms with Gasteiger partial charge in [0.25, 0.3) is 5.91 Å². The third-order valence-corrected chi connectivity index (χ3v) is 5.00. The van der Waals surface area contributed by atoms with Crippen LogP contribution >= 0.6 is 0 Å². The first-order valence-corrected chi connectivity index (χ1v) is 8.77. The number of ether oxygens (including phenoxy) is 2. The maximum atomic E-state index is 12.5. The van der Waals surface area contributed by atoms with Gasteiger partial charge in [0, 0.05) is 0 Å². The number of imidazole rings is 1. The second-order valence-corrected chi connectivity index (χ2v) is 6.84. The van der Waals surface area contributed by atoms with E-state index >= 15 is 0 Å². The Bertz CT molecular complexity index is 730. The molecule has 2 aliphatic heterocycles. The van der Waals surface area contributed by atoms with Crippen LogP contribution in [-0.2, 0) is 9.47 Å². The maximum Gasteiger partial charge on any atom is 0.275 e. The van der Waals surface area contributed by atoms with Crippen molar-refractivity contribution in [3.8, 4) is 0 Å². The van der Waals surface area contributed by atoms with Crippen LogP contribution in [0.15, 0.2) is 6.33 Å². The van der Waals surface area contributed by atoms with Gasteiger partial charge >= 0.3 is 0 Å². The van der Waals surface area contributed by atoms with Crippen molar-refractivity contribution in [1.29, 1.82) is 0 Å². The summed E-state index contributed by atoms with van der Waals surface area (Å²) in [6, 6.07) is 0. The molecule has 164 valence electrons. The van der Waals surface area contributed by atoms with Crippen molar-refractivity contribution >= 4 is 11.7 Å². The lowest BCUT2D eigenvalue weighted by Gasteiger charge is -2.39. The number of nitrogens with zero attached hydrogens (tertiary/aromatic N) is 2. The summed E-state index contributed by atoms with van der Waals surface area (Å²) in [6.07, 6.45) is -11.6. The Kier molecular flexibility index (Phi) is 6.37. The van der Waals surface area contributed by atoms with Crippen molar-refractivity contribution in [2.24, 2.45) is 0 Å². The molecule has 2 aliphatic rings. The van der Waals surface area contributed by atoms with E-state index in [0.29, 0.717) is 0 Å². The average Bonchev–Trinajstić information content (AvgIpc) is 3.22. The van der Waals surface area contributed by atoms with E-state index in [-0.39, 0.29) is 11.5 Å². The highest BCUT2D eigenvalue weighted by Gasteiger charge is 2.46. The molecule has 0 spiro atoms. The van der Waals surface area contributed by atoms with Crippen LogP contribution < -0.4 is 11.1 Å². The third kappa shape index (κ3) is 3.81. The first-order valence-electron chi connectivity index (χ1n) is 8.77. The summed E-state index contributed by atoms with van der Waals surface area (Å²) in [5.41, 5.74) is 5.56. The Morgan fingerprint density at radius 3 is 2.17 bits per heavy atom. The molecule has 9 atom stereocenters. The molecular weight excluding hydrogens is 396 g/mol. The van der Waals surface area contributed by atoms with Gasteiger partial charge in [-0.3, -0.25) is 9.36 Å². The third-order valence-electron chi connectivity index (χ3n) is 5.00. The summed E-state index contributed by atoms with van der Waals surface area (Å²) < 4.78 is 11.6. The first-order chi connectivity index (χ1) is 13.7. The van der Waals surface area contributed by atoms with E-state index in [9.17, 15) is 35.4 Å². The Morgan fingerprint density at radius 2 is 1.59 bits per heavy atom. The molecule has 3 rings (SSSR count). The van der Waals surface area contributed by atoms with E-state index in [0.717, 1.165) is 10.9 Å². The number of aliphatic hydroxyl groups is 7. The normalized spacial score (nSPS) is 40.2. The zero-order valence-corrected chi connectivity index (χ0v) is 15.0. The van der Waals surface area contributed by atoms with Gasteiger partial charge in [-0.2, -0.15) is 0 Å². The summed E-state index contributed by atoms with van der Waals surface area (Å²) >= 11 is 0. The van der Waals surface area contributed by atoms with E-state index in [1.165, 1.54) is 0 Å². The number of nitrogens with one attached hydrogen (secondary N) is 1. The number of aliphatic hydroxyl groups excluding tert-OH is 7. The lowest BCUT2D eigenvalue weighted by atomic mass is 9.98. The van der Waals surface area contributed by atoms with Gasteiger partial charge in [-0.1, -0.05) is 0 Å². The summed E-state index contributed by atoms with van der Waals surface area (Å²) in [5.74, 6) is -1.17. The summed E-state index contributed by atoms with van der Waals surface area (Å²) in [7, 11) is 0. The molecule has 2 fully saturated rings. The standard InChI is InChI=1S/C15H24N4O10/c16-12-6(17-3-19(12)15-11(26)8(23)5(2-21)29-15)13(27)18-14-10(25)9(24)7(22)4(1-20)28-14/h3-5,7-11,14-15,20-26H,1-2,16H2,(H,18,27)/t4-,5-,7-,8-,9+,10-,11-,14-,15-/m1/s1. The monoisotopic (exact) mass is 420 g/mol. The first kappa shape index (κ1) is 21.8. The maximum absolute atomic E-state index is 12.5. The van der Waals surface area contributed by atoms with Crippen LogP contribution in [0.4, 0.5) is 5.82 Å². The van der Waals surface area contributed by atoms with Gasteiger partial charge in [-0.05, 0) is 0 Å². The van der Waals surface area contributed by atoms with Crippen molar-refractivity contribution in [1.82, 2.24) is 14.9 Å². The Morgan fingerprint density at radius 1 is 1.00 bits per heavy atom. The van der Waals surface area contributed by atoms with Gasteiger partial charge in [0.2, 0.25) is 0 Å². The van der Waals surface area contributed by atoms with E-state index in [1.807, 2.05) is 0 Å². The molecule has 14 heteroatoms. The number of anilines is 1. The predicted molar refractivity (Wildman–Crippen MR) is 90.9 cm³/mol. The lowest BCUT2D eigenvalue weighted by Crippen LogP contribution is -2.63. The highest BCUT2D eigenvalue weighted by molar-refractivity contribution is 5.96. The molecule has 29 heavy (non-hydrogen) atoms. The smallest absolute Gasteiger partial charge is 0.275 e. The molecule has 0 aliphatic carbocycles. The largest absolute Gasteiger partial charge is 0.394 e. The van der Waals surface area contributed by atoms with Crippen molar-refractivity contribution in [3.63, 3.8) is 0 Å². The van der Waals surface area contributed by atoms with Crippen molar-refractivity contribution < 1.29 is 50.0 Å². The van der Waals surface area contributed by atoms with Gasteiger partial charge in [0.05, 0.1) is 19.5 Å². The fourth-order valence-corrected chi connectivity index (χ4v) is 3.28. The van der Waals surface area contributed by atoms with Crippen molar-refractivity contribution in [2.45, 2.75) is 55.2 Å². The number of nitrogens with two attached hydrogens (primary N) is 1. The molecule has 2 saturated heterocycles. The van der Waals surface area contributed by atoms with Crippen molar-refractivity contribution in [2.75, 3.05) is 18.9 Å². The summed E-state index contributed by atoms with van der Waals surface area (Å²) in [6.45, 7) is -1.22. The van der Waals surface area contributed by atoms with E-state index in [4.69, 9.17) is 20.3 Å². The Hall–Kier alpha value is -1.88. The van der Waals surface area contributed by atoms with Crippen LogP contribution in [0, 0.1) is 0 Å². The predicted octanol–water partition coefficient (Wildman–Crippen LogP) is -5.39. The Labute approximate surface area is 163 Å². The molecule has 14 nitrogen and oxygen atoms in total. The topological polar surface area (TPSA) is 233 Å². The highest BCUT2D eigenvalue weighted by Crippen LogP contribution is 2.31. The summed E-state index contributed by atoms with van der Waals surface area (Å²) in [5, 5.41) is 70.0. The number of amides is 1. The zero-order chi connectivity index (χ0) is 21.5. The van der Waals surface area contributed by atoms with Crippen LogP contribution in [0.3, 0.4) is 0 Å². The molecule has 3 heterocycles. The van der Waals surface area contributed by atoms with Crippen LogP contribution in [0.25, 0.3) is 0 Å². The second-order valence-electron chi connectivity index (χ2n) is 6.84. The van der Waals surface area contributed by atoms with E-state index < -0.39 is 74.3 Å². The quantitative estimate of drug-likeness (QED) is 0.217. The fourth-order valence-electron chi connectivity index (χ4n) is 3.28. The molecule has 0 aromatic carbocycles. The SMILES string of the molecule is Nc1c(C(=O)N[C@@H]2O[C@H](CO)[C@@H](O)[C@H](O)[C@H]2O)ncn1[C@@H]1O[C@H](CO)[C@@H](O)[C@H]1O. The number of carbonyl (C=O) groups excluding carboxylic acids is 1. The van der Waals surface area contributed by atoms with E-state index in [2.05, 4.69) is 10.3 Å². The fraction of sp³-hybridized carbons (Fsp3) is 0.733. The van der Waals surface area contributed by atoms with Crippen LogP contribution in [0.2, 0.25) is 0 Å².